The van der Waals surface area contributed by atoms with Gasteiger partial charge in [0, 0.05) is 12.1 Å². The number of aryl methyl sites for hydroxylation is 1. The Morgan fingerprint density at radius 2 is 1.90 bits per heavy atom. The van der Waals surface area contributed by atoms with E-state index in [0.717, 1.165) is 19.3 Å². The zero-order valence-electron chi connectivity index (χ0n) is 17.9. The number of unbranched alkanes of at least 4 members (excludes halogenated alkanes) is 2. The van der Waals surface area contributed by atoms with Gasteiger partial charge in [0.15, 0.2) is 5.69 Å². The third kappa shape index (κ3) is 7.04. The highest BCUT2D eigenvalue weighted by molar-refractivity contribution is 5.94. The largest absolute Gasteiger partial charge is 0.464 e. The molecule has 1 heterocycles. The second kappa shape index (κ2) is 11.4. The Labute approximate surface area is 173 Å². The number of ether oxygens (including phenoxy) is 1. The molecule has 0 bridgehead atoms. The molecule has 1 aromatic heterocycles. The fourth-order valence-electron chi connectivity index (χ4n) is 2.99. The van der Waals surface area contributed by atoms with Crippen LogP contribution in [0, 0.1) is 5.92 Å². The predicted molar refractivity (Wildman–Crippen MR) is 112 cm³/mol. The first-order chi connectivity index (χ1) is 13.9. The number of hydrogen-bond donors (Lipinski definition) is 0. The second-order valence-corrected chi connectivity index (χ2v) is 7.68. The van der Waals surface area contributed by atoms with Crippen molar-refractivity contribution in [3.8, 4) is 0 Å². The Morgan fingerprint density at radius 3 is 2.52 bits per heavy atom. The first-order valence-electron chi connectivity index (χ1n) is 10.4. The molecule has 0 N–H and O–H groups in total. The summed E-state index contributed by atoms with van der Waals surface area (Å²) in [5.74, 6) is 0.155. The van der Waals surface area contributed by atoms with E-state index >= 15 is 0 Å². The maximum absolute atomic E-state index is 13.1. The molecule has 0 aliphatic carbocycles. The summed E-state index contributed by atoms with van der Waals surface area (Å²) in [5, 5.41) is 0. The topological polar surface area (TPSA) is 72.6 Å². The summed E-state index contributed by atoms with van der Waals surface area (Å²) in [5.41, 5.74) is 2.00. The standard InChI is InChI=1S/C23H32N2O4/c1-5-6-7-8-18-9-11-19(12-10-18)22(26)25(14-13-17(2)3)15-21-24-20(16-29-21)23(27)28-4/h9-12,16-17H,5-8,13-15H2,1-4H3. The van der Waals surface area contributed by atoms with Gasteiger partial charge in [-0.2, -0.15) is 0 Å². The first kappa shape index (κ1) is 22.7. The van der Waals surface area contributed by atoms with Gasteiger partial charge < -0.3 is 14.1 Å². The molecule has 0 aliphatic rings. The number of oxazole rings is 1. The van der Waals surface area contributed by atoms with Gasteiger partial charge in [-0.15, -0.1) is 0 Å². The molecule has 0 fully saturated rings. The average Bonchev–Trinajstić information content (AvgIpc) is 3.19. The van der Waals surface area contributed by atoms with E-state index in [1.807, 2.05) is 24.3 Å². The number of amides is 1. The highest BCUT2D eigenvalue weighted by Crippen LogP contribution is 2.15. The molecule has 1 amide bonds. The van der Waals surface area contributed by atoms with Crippen LogP contribution in [0.2, 0.25) is 0 Å². The van der Waals surface area contributed by atoms with Crippen molar-refractivity contribution in [2.45, 2.75) is 59.4 Å². The van der Waals surface area contributed by atoms with Gasteiger partial charge in [0.05, 0.1) is 13.7 Å². The molecule has 0 saturated heterocycles. The van der Waals surface area contributed by atoms with E-state index in [1.54, 1.807) is 4.90 Å². The van der Waals surface area contributed by atoms with Gasteiger partial charge in [-0.1, -0.05) is 45.7 Å². The van der Waals surface area contributed by atoms with Crippen LogP contribution in [0.5, 0.6) is 0 Å². The summed E-state index contributed by atoms with van der Waals surface area (Å²) < 4.78 is 10.0. The number of esters is 1. The van der Waals surface area contributed by atoms with Crippen LogP contribution in [0.25, 0.3) is 0 Å². The number of nitrogens with zero attached hydrogens (tertiary/aromatic N) is 2. The normalized spacial score (nSPS) is 10.9. The molecule has 2 rings (SSSR count). The number of rotatable bonds is 11. The van der Waals surface area contributed by atoms with Gasteiger partial charge in [0.25, 0.3) is 5.91 Å². The lowest BCUT2D eigenvalue weighted by Gasteiger charge is -2.22. The fraction of sp³-hybridized carbons (Fsp3) is 0.522. The number of methoxy groups -OCH3 is 1. The highest BCUT2D eigenvalue weighted by Gasteiger charge is 2.20. The van der Waals surface area contributed by atoms with Crippen molar-refractivity contribution in [2.75, 3.05) is 13.7 Å². The van der Waals surface area contributed by atoms with Crippen molar-refractivity contribution in [1.82, 2.24) is 9.88 Å². The summed E-state index contributed by atoms with van der Waals surface area (Å²) in [6.07, 6.45) is 6.74. The van der Waals surface area contributed by atoms with E-state index in [1.165, 1.54) is 31.8 Å². The SMILES string of the molecule is CCCCCc1ccc(C(=O)N(CCC(C)C)Cc2nc(C(=O)OC)co2)cc1. The predicted octanol–water partition coefficient (Wildman–Crippen LogP) is 4.88. The van der Waals surface area contributed by atoms with Gasteiger partial charge in [-0.05, 0) is 42.9 Å². The number of carbonyl (C=O) groups excluding carboxylic acids is 2. The molecule has 2 aromatic rings. The summed E-state index contributed by atoms with van der Waals surface area (Å²) in [4.78, 5) is 30.5. The smallest absolute Gasteiger partial charge is 0.360 e. The zero-order chi connectivity index (χ0) is 21.2. The van der Waals surface area contributed by atoms with Gasteiger partial charge in [0.1, 0.15) is 6.26 Å². The average molecular weight is 401 g/mol. The molecule has 6 heteroatoms. The van der Waals surface area contributed by atoms with Crippen molar-refractivity contribution in [3.05, 3.63) is 53.2 Å². The third-order valence-electron chi connectivity index (χ3n) is 4.81. The maximum Gasteiger partial charge on any atom is 0.360 e. The minimum atomic E-state index is -0.557. The molecule has 0 spiro atoms. The van der Waals surface area contributed by atoms with Gasteiger partial charge in [0.2, 0.25) is 5.89 Å². The Morgan fingerprint density at radius 1 is 1.17 bits per heavy atom. The maximum atomic E-state index is 13.1. The van der Waals surface area contributed by atoms with Gasteiger partial charge in [-0.25, -0.2) is 9.78 Å². The van der Waals surface area contributed by atoms with E-state index < -0.39 is 5.97 Å². The number of aromatic nitrogens is 1. The third-order valence-corrected chi connectivity index (χ3v) is 4.81. The highest BCUT2D eigenvalue weighted by atomic mass is 16.5. The van der Waals surface area contributed by atoms with Crippen LogP contribution >= 0.6 is 0 Å². The molecular weight excluding hydrogens is 368 g/mol. The van der Waals surface area contributed by atoms with Crippen molar-refractivity contribution in [2.24, 2.45) is 5.92 Å². The molecule has 6 nitrogen and oxygen atoms in total. The molecule has 0 aliphatic heterocycles. The van der Waals surface area contributed by atoms with E-state index in [0.29, 0.717) is 23.9 Å². The van der Waals surface area contributed by atoms with Crippen molar-refractivity contribution in [3.63, 3.8) is 0 Å². The van der Waals surface area contributed by atoms with Crippen LogP contribution in [0.1, 0.15) is 78.8 Å². The van der Waals surface area contributed by atoms with Crippen LogP contribution in [-0.4, -0.2) is 35.4 Å². The Hall–Kier alpha value is -2.63. The van der Waals surface area contributed by atoms with Crippen LogP contribution in [0.3, 0.4) is 0 Å². The lowest BCUT2D eigenvalue weighted by Crippen LogP contribution is -2.32. The zero-order valence-corrected chi connectivity index (χ0v) is 17.9. The number of hydrogen-bond acceptors (Lipinski definition) is 5. The quantitative estimate of drug-likeness (QED) is 0.397. The van der Waals surface area contributed by atoms with E-state index in [4.69, 9.17) is 4.42 Å². The second-order valence-electron chi connectivity index (χ2n) is 7.68. The number of carbonyl (C=O) groups is 2. The van der Waals surface area contributed by atoms with Crippen LogP contribution < -0.4 is 0 Å². The molecular formula is C23H32N2O4. The van der Waals surface area contributed by atoms with Gasteiger partial charge >= 0.3 is 5.97 Å². The monoisotopic (exact) mass is 400 g/mol. The van der Waals surface area contributed by atoms with Crippen LogP contribution in [-0.2, 0) is 17.7 Å². The lowest BCUT2D eigenvalue weighted by molar-refractivity contribution is 0.0594. The van der Waals surface area contributed by atoms with Crippen molar-refractivity contribution >= 4 is 11.9 Å². The Balaban J connectivity index is 2.10. The summed E-state index contributed by atoms with van der Waals surface area (Å²) in [6.45, 7) is 7.23. The molecule has 0 atom stereocenters. The molecule has 1 aromatic carbocycles. The van der Waals surface area contributed by atoms with Crippen LogP contribution in [0.4, 0.5) is 0 Å². The Bertz CT molecular complexity index is 780. The van der Waals surface area contributed by atoms with Crippen molar-refractivity contribution < 1.29 is 18.7 Å². The molecule has 0 unspecified atom stereocenters. The minimum absolute atomic E-state index is 0.0661. The van der Waals surface area contributed by atoms with E-state index in [-0.39, 0.29) is 18.1 Å². The molecule has 29 heavy (non-hydrogen) atoms. The van der Waals surface area contributed by atoms with E-state index in [9.17, 15) is 9.59 Å². The van der Waals surface area contributed by atoms with Gasteiger partial charge in [-0.3, -0.25) is 4.79 Å². The van der Waals surface area contributed by atoms with E-state index in [2.05, 4.69) is 30.5 Å². The summed E-state index contributed by atoms with van der Waals surface area (Å²) >= 11 is 0. The summed E-state index contributed by atoms with van der Waals surface area (Å²) in [7, 11) is 1.29. The fourth-order valence-corrected chi connectivity index (χ4v) is 2.99. The Kier molecular flexibility index (Phi) is 8.90. The lowest BCUT2D eigenvalue weighted by atomic mass is 10.0. The molecule has 158 valence electrons. The van der Waals surface area contributed by atoms with Crippen LogP contribution in [0.15, 0.2) is 34.9 Å². The number of benzene rings is 1. The molecule has 0 saturated carbocycles. The summed E-state index contributed by atoms with van der Waals surface area (Å²) in [6, 6.07) is 7.84. The first-order valence-corrected chi connectivity index (χ1v) is 10.4. The minimum Gasteiger partial charge on any atom is -0.464 e. The molecule has 0 radical (unpaired) electrons. The van der Waals surface area contributed by atoms with Crippen molar-refractivity contribution in [1.29, 1.82) is 0 Å².